The Bertz CT molecular complexity index is 1610. The number of carbonyl (C=O) groups is 1. The Balaban J connectivity index is 1.18. The Kier molecular flexibility index (Phi) is 5.69. The number of hydrogen-bond donors (Lipinski definition) is 1. The van der Waals surface area contributed by atoms with Gasteiger partial charge in [-0.1, -0.05) is 36.4 Å². The Labute approximate surface area is 210 Å². The van der Waals surface area contributed by atoms with Crippen LogP contribution in [0.25, 0.3) is 27.3 Å². The zero-order valence-electron chi connectivity index (χ0n) is 20.9. The van der Waals surface area contributed by atoms with E-state index < -0.39 is 5.91 Å². The van der Waals surface area contributed by atoms with Crippen LogP contribution in [-0.2, 0) is 6.42 Å². The molecule has 0 unspecified atom stereocenters. The first-order valence-corrected chi connectivity index (χ1v) is 12.8. The second-order valence-electron chi connectivity index (χ2n) is 10.0. The van der Waals surface area contributed by atoms with Crippen LogP contribution < -0.4 is 5.73 Å². The van der Waals surface area contributed by atoms with Gasteiger partial charge in [0.1, 0.15) is 5.82 Å². The molecule has 0 spiro atoms. The Morgan fingerprint density at radius 3 is 2.50 bits per heavy atom. The molecule has 6 nitrogen and oxygen atoms in total. The highest BCUT2D eigenvalue weighted by atomic mass is 16.1. The third-order valence-corrected chi connectivity index (χ3v) is 7.77. The van der Waals surface area contributed by atoms with E-state index in [9.17, 15) is 4.79 Å². The molecule has 1 fully saturated rings. The number of benzene rings is 2. The van der Waals surface area contributed by atoms with Crippen LogP contribution in [-0.4, -0.2) is 44.8 Å². The largest absolute Gasteiger partial charge is 0.364 e. The minimum absolute atomic E-state index is 0.333. The quantitative estimate of drug-likeness (QED) is 0.379. The number of primary amides is 1. The Morgan fingerprint density at radius 1 is 0.917 bits per heavy atom. The summed E-state index contributed by atoms with van der Waals surface area (Å²) in [5.41, 5.74) is 12.7. The molecular formula is C30H31N5O. The molecule has 2 N–H and O–H groups in total. The second-order valence-corrected chi connectivity index (χ2v) is 10.0. The number of likely N-dealkylation sites (tertiary alicyclic amines) is 1. The van der Waals surface area contributed by atoms with E-state index in [2.05, 4.69) is 71.4 Å². The Morgan fingerprint density at radius 2 is 1.69 bits per heavy atom. The van der Waals surface area contributed by atoms with Crippen LogP contribution in [0.2, 0.25) is 0 Å². The average Bonchev–Trinajstić information content (AvgIpc) is 3.24. The monoisotopic (exact) mass is 477 g/mol. The summed E-state index contributed by atoms with van der Waals surface area (Å²) in [5, 5.41) is 2.51. The molecular weight excluding hydrogens is 446 g/mol. The standard InChI is InChI=1S/C30H31N5O/c1-19-9-10-25-23(6-4-7-26(25)32-19)22-14-17-34(18-15-22)16-13-21-5-3-8-27-24(21)11-12-28-29(30(31)36)33-20(2)35(27)28/h3-12,22H,13-18H2,1-2H3,(H2,31,36). The fraction of sp³-hybridized carbons (Fsp3) is 0.300. The fourth-order valence-electron chi connectivity index (χ4n) is 5.94. The van der Waals surface area contributed by atoms with E-state index in [-0.39, 0.29) is 0 Å². The van der Waals surface area contributed by atoms with E-state index in [1.807, 2.05) is 17.4 Å². The number of fused-ring (bicyclic) bond motifs is 4. The maximum atomic E-state index is 11.8. The van der Waals surface area contributed by atoms with Crippen LogP contribution >= 0.6 is 0 Å². The number of aryl methyl sites for hydroxylation is 2. The van der Waals surface area contributed by atoms with Gasteiger partial charge in [-0.3, -0.25) is 14.2 Å². The molecule has 182 valence electrons. The van der Waals surface area contributed by atoms with E-state index in [1.54, 1.807) is 0 Å². The van der Waals surface area contributed by atoms with Crippen molar-refractivity contribution in [3.63, 3.8) is 0 Å². The first kappa shape index (κ1) is 22.7. The van der Waals surface area contributed by atoms with Gasteiger partial charge in [0.2, 0.25) is 0 Å². The summed E-state index contributed by atoms with van der Waals surface area (Å²) in [6, 6.07) is 21.4. The topological polar surface area (TPSA) is 76.5 Å². The van der Waals surface area contributed by atoms with Crippen molar-refractivity contribution in [2.24, 2.45) is 5.73 Å². The fourth-order valence-corrected chi connectivity index (χ4v) is 5.94. The molecule has 1 aliphatic rings. The number of amides is 1. The number of pyridine rings is 2. The van der Waals surface area contributed by atoms with Gasteiger partial charge in [-0.15, -0.1) is 0 Å². The number of nitrogens with two attached hydrogens (primary N) is 1. The number of nitrogens with zero attached hydrogens (tertiary/aromatic N) is 4. The lowest BCUT2D eigenvalue weighted by Crippen LogP contribution is -2.34. The number of hydrogen-bond acceptors (Lipinski definition) is 4. The van der Waals surface area contributed by atoms with Crippen LogP contribution in [0.3, 0.4) is 0 Å². The molecule has 0 radical (unpaired) electrons. The van der Waals surface area contributed by atoms with Gasteiger partial charge in [-0.25, -0.2) is 4.98 Å². The predicted molar refractivity (Wildman–Crippen MR) is 145 cm³/mol. The maximum Gasteiger partial charge on any atom is 0.269 e. The van der Waals surface area contributed by atoms with Gasteiger partial charge in [0.25, 0.3) is 5.91 Å². The molecule has 2 aromatic carbocycles. The van der Waals surface area contributed by atoms with E-state index in [1.165, 1.54) is 34.7 Å². The van der Waals surface area contributed by atoms with Crippen molar-refractivity contribution < 1.29 is 4.79 Å². The van der Waals surface area contributed by atoms with Gasteiger partial charge < -0.3 is 10.6 Å². The highest BCUT2D eigenvalue weighted by Crippen LogP contribution is 2.33. The summed E-state index contributed by atoms with van der Waals surface area (Å²) in [4.78, 5) is 23.6. The number of aromatic nitrogens is 3. The summed E-state index contributed by atoms with van der Waals surface area (Å²) < 4.78 is 2.05. The van der Waals surface area contributed by atoms with Crippen molar-refractivity contribution in [3.05, 3.63) is 89.0 Å². The van der Waals surface area contributed by atoms with E-state index in [4.69, 9.17) is 10.7 Å². The summed E-state index contributed by atoms with van der Waals surface area (Å²) in [7, 11) is 0. The molecule has 1 aliphatic heterocycles. The zero-order valence-corrected chi connectivity index (χ0v) is 20.9. The highest BCUT2D eigenvalue weighted by Gasteiger charge is 2.22. The highest BCUT2D eigenvalue weighted by molar-refractivity contribution is 6.00. The summed E-state index contributed by atoms with van der Waals surface area (Å²) in [6.45, 7) is 7.23. The van der Waals surface area contributed by atoms with Crippen molar-refractivity contribution in [1.29, 1.82) is 0 Å². The minimum atomic E-state index is -0.491. The van der Waals surface area contributed by atoms with Gasteiger partial charge in [0.15, 0.2) is 5.69 Å². The van der Waals surface area contributed by atoms with Crippen LogP contribution in [0.5, 0.6) is 0 Å². The molecule has 1 saturated heterocycles. The first-order valence-electron chi connectivity index (χ1n) is 12.8. The van der Waals surface area contributed by atoms with Crippen molar-refractivity contribution in [1.82, 2.24) is 19.3 Å². The van der Waals surface area contributed by atoms with E-state index in [0.29, 0.717) is 11.6 Å². The van der Waals surface area contributed by atoms with Crippen molar-refractivity contribution in [2.45, 2.75) is 39.0 Å². The maximum absolute atomic E-state index is 11.8. The average molecular weight is 478 g/mol. The first-order chi connectivity index (χ1) is 17.5. The van der Waals surface area contributed by atoms with Gasteiger partial charge in [0, 0.05) is 23.0 Å². The van der Waals surface area contributed by atoms with Crippen LogP contribution in [0.15, 0.2) is 60.7 Å². The lowest BCUT2D eigenvalue weighted by atomic mass is 9.87. The Hall–Kier alpha value is -3.77. The van der Waals surface area contributed by atoms with Gasteiger partial charge in [-0.2, -0.15) is 0 Å². The minimum Gasteiger partial charge on any atom is -0.364 e. The molecule has 0 bridgehead atoms. The van der Waals surface area contributed by atoms with Crippen molar-refractivity contribution >= 4 is 33.2 Å². The summed E-state index contributed by atoms with van der Waals surface area (Å²) >= 11 is 0. The molecule has 1 amide bonds. The molecule has 4 heterocycles. The van der Waals surface area contributed by atoms with Crippen LogP contribution in [0, 0.1) is 13.8 Å². The third kappa shape index (κ3) is 3.91. The van der Waals surface area contributed by atoms with Gasteiger partial charge >= 0.3 is 0 Å². The van der Waals surface area contributed by atoms with Crippen LogP contribution in [0.4, 0.5) is 0 Å². The third-order valence-electron chi connectivity index (χ3n) is 7.77. The van der Waals surface area contributed by atoms with E-state index in [0.717, 1.165) is 54.1 Å². The van der Waals surface area contributed by atoms with E-state index >= 15 is 0 Å². The molecule has 5 aromatic rings. The van der Waals surface area contributed by atoms with Crippen molar-refractivity contribution in [2.75, 3.05) is 19.6 Å². The number of imidazole rings is 1. The molecule has 0 atom stereocenters. The molecule has 0 saturated carbocycles. The van der Waals surface area contributed by atoms with Gasteiger partial charge in [-0.05, 0) is 87.5 Å². The smallest absolute Gasteiger partial charge is 0.269 e. The summed E-state index contributed by atoms with van der Waals surface area (Å²) in [6.07, 6.45) is 3.34. The SMILES string of the molecule is Cc1ccc2c(C3CCN(CCc4cccc5c4ccc4c(C(N)=O)nc(C)n45)CC3)cccc2n1. The number of carbonyl (C=O) groups excluding carboxylic acids is 1. The number of rotatable bonds is 5. The second kappa shape index (κ2) is 9.03. The number of piperidine rings is 1. The molecule has 36 heavy (non-hydrogen) atoms. The summed E-state index contributed by atoms with van der Waals surface area (Å²) in [5.74, 6) is 0.876. The molecule has 0 aliphatic carbocycles. The molecule has 6 heteroatoms. The molecule has 3 aromatic heterocycles. The normalized spacial score (nSPS) is 15.3. The van der Waals surface area contributed by atoms with Gasteiger partial charge in [0.05, 0.1) is 16.6 Å². The van der Waals surface area contributed by atoms with Crippen molar-refractivity contribution in [3.8, 4) is 0 Å². The van der Waals surface area contributed by atoms with Crippen LogP contribution in [0.1, 0.15) is 51.9 Å². The lowest BCUT2D eigenvalue weighted by molar-refractivity contribution is 0.0997. The zero-order chi connectivity index (χ0) is 24.8. The molecule has 6 rings (SSSR count). The predicted octanol–water partition coefficient (Wildman–Crippen LogP) is 5.17. The lowest BCUT2D eigenvalue weighted by Gasteiger charge is -2.32.